The van der Waals surface area contributed by atoms with Crippen LogP contribution in [-0.2, 0) is 16.8 Å². The molecular weight excluding hydrogens is 258 g/mol. The van der Waals surface area contributed by atoms with E-state index in [0.29, 0.717) is 5.41 Å². The van der Waals surface area contributed by atoms with Gasteiger partial charge in [-0.1, -0.05) is 0 Å². The van der Waals surface area contributed by atoms with E-state index in [1.807, 2.05) is 0 Å². The second-order valence-electron chi connectivity index (χ2n) is 7.19. The summed E-state index contributed by atoms with van der Waals surface area (Å²) in [6.45, 7) is 11.4. The number of hydrogen-bond acceptors (Lipinski definition) is 1. The molecule has 0 radical (unpaired) electrons. The van der Waals surface area contributed by atoms with Gasteiger partial charge in [0.2, 0.25) is 0 Å². The molecule has 0 spiro atoms. The number of hydrogen-bond donors (Lipinski definition) is 1. The largest absolute Gasteiger partial charge is 0.0149 e. The van der Waals surface area contributed by atoms with Gasteiger partial charge >= 0.3 is 105 Å². The smallest absolute Gasteiger partial charge is 0.0149 e. The number of nitrogens with one attached hydrogen (secondary N) is 1. The minimum absolute atomic E-state index is 0. The van der Waals surface area contributed by atoms with E-state index in [1.165, 1.54) is 6.42 Å². The summed E-state index contributed by atoms with van der Waals surface area (Å²) in [6.07, 6.45) is 8.37. The first-order chi connectivity index (χ1) is 7.02. The van der Waals surface area contributed by atoms with Crippen LogP contribution in [0.4, 0.5) is 0 Å². The van der Waals surface area contributed by atoms with Crippen molar-refractivity contribution in [1.82, 2.24) is 3.80 Å². The Bertz CT molecular complexity index is 322. The standard InChI is InChI=1S/C8H11.C4H10N.2CH3.H4Si.Ti/c1-8(2)6-4-3-5-7-8;1-4(2,3)5;;;;/h4-6H,7H2,1-2H3;5H,1-3H3;2*1H3;1H4;/q;-1;;;;+1. The third-order valence-corrected chi connectivity index (χ3v) is 7.95. The molecule has 0 fully saturated rings. The van der Waals surface area contributed by atoms with Gasteiger partial charge in [-0.25, -0.2) is 0 Å². The van der Waals surface area contributed by atoms with Crippen molar-refractivity contribution in [3.8, 4) is 0 Å². The van der Waals surface area contributed by atoms with Crippen LogP contribution in [0.25, 0.3) is 0 Å². The minimum Gasteiger partial charge on any atom is -0.0149 e. The molecule has 0 saturated carbocycles. The number of allylic oxidation sites excluding steroid dienone is 4. The Hall–Kier alpha value is 0.371. The molecule has 17 heavy (non-hydrogen) atoms. The van der Waals surface area contributed by atoms with Crippen LogP contribution in [0, 0.1) is 5.41 Å². The van der Waals surface area contributed by atoms with Gasteiger partial charge in [0.15, 0.2) is 0 Å². The van der Waals surface area contributed by atoms with Crippen molar-refractivity contribution in [3.05, 3.63) is 22.1 Å². The molecule has 0 amide bonds. The van der Waals surface area contributed by atoms with Crippen molar-refractivity contribution in [2.75, 3.05) is 0 Å². The van der Waals surface area contributed by atoms with Crippen LogP contribution in [0.5, 0.6) is 0 Å². The van der Waals surface area contributed by atoms with E-state index < -0.39 is 16.8 Å². The summed E-state index contributed by atoms with van der Waals surface area (Å²) in [6, 6.07) is 0. The molecule has 100 valence electrons. The third kappa shape index (κ3) is 5.69. The van der Waals surface area contributed by atoms with E-state index in [-0.39, 0.29) is 16.5 Å². The molecule has 3 heteroatoms. The molecule has 0 aromatic carbocycles. The Morgan fingerprint density at radius 1 is 1.24 bits per heavy atom. The second kappa shape index (κ2) is 5.56. The second-order valence-corrected chi connectivity index (χ2v) is 13.6. The molecule has 0 aromatic heterocycles. The van der Waals surface area contributed by atoms with Crippen LogP contribution in [-0.4, -0.2) is 16.5 Å². The third-order valence-electron chi connectivity index (χ3n) is 2.97. The van der Waals surface area contributed by atoms with Crippen molar-refractivity contribution in [1.29, 1.82) is 0 Å². The molecule has 0 aliphatic heterocycles. The predicted molar refractivity (Wildman–Crippen MR) is 81.6 cm³/mol. The molecule has 1 nitrogen and oxygen atoms in total. The van der Waals surface area contributed by atoms with Crippen molar-refractivity contribution in [2.45, 2.75) is 57.0 Å². The van der Waals surface area contributed by atoms with E-state index in [9.17, 15) is 0 Å². The van der Waals surface area contributed by atoms with E-state index in [2.05, 4.69) is 67.1 Å². The predicted octanol–water partition coefficient (Wildman–Crippen LogP) is 2.96. The SMILES string of the molecule is CC1(C)C=C[C]([Ti]([CH3])([CH3])[NH]C(C)(C)C)=CC1.[SiH4]. The van der Waals surface area contributed by atoms with Crippen molar-refractivity contribution < 1.29 is 16.8 Å². The maximum Gasteiger partial charge on any atom is -0.0149 e. The number of rotatable bonds is 2. The monoisotopic (exact) mass is 289 g/mol. The summed E-state index contributed by atoms with van der Waals surface area (Å²) in [5, 5.41) is 4.89. The Balaban J connectivity index is 0.00000256. The Morgan fingerprint density at radius 3 is 2.12 bits per heavy atom. The summed E-state index contributed by atoms with van der Waals surface area (Å²) in [5.74, 6) is 0. The summed E-state index contributed by atoms with van der Waals surface area (Å²) in [5.41, 5.74) is 0.578. The van der Waals surface area contributed by atoms with Crippen molar-refractivity contribution in [2.24, 2.45) is 5.41 Å². The fourth-order valence-corrected chi connectivity index (χ4v) is 7.19. The summed E-state index contributed by atoms with van der Waals surface area (Å²) in [7, 11) is 0. The average molecular weight is 289 g/mol. The van der Waals surface area contributed by atoms with E-state index in [1.54, 1.807) is 3.88 Å². The fraction of sp³-hybridized carbons (Fsp3) is 0.714. The molecule has 1 N–H and O–H groups in total. The van der Waals surface area contributed by atoms with E-state index >= 15 is 0 Å². The Labute approximate surface area is 116 Å². The first kappa shape index (κ1) is 17.4. The van der Waals surface area contributed by atoms with Gasteiger partial charge in [-0.05, 0) is 11.0 Å². The van der Waals surface area contributed by atoms with Crippen molar-refractivity contribution >= 4 is 11.0 Å². The van der Waals surface area contributed by atoms with Gasteiger partial charge in [0, 0.05) is 0 Å². The normalized spacial score (nSPS) is 19.6. The maximum absolute atomic E-state index is 3.86. The zero-order valence-corrected chi connectivity index (χ0v) is 13.5. The van der Waals surface area contributed by atoms with Crippen LogP contribution in [0.1, 0.15) is 41.0 Å². The Morgan fingerprint density at radius 2 is 1.76 bits per heavy atom. The summed E-state index contributed by atoms with van der Waals surface area (Å²) >= 11 is -2.01. The van der Waals surface area contributed by atoms with Crippen LogP contribution < -0.4 is 3.80 Å². The van der Waals surface area contributed by atoms with Gasteiger partial charge < -0.3 is 0 Å². The topological polar surface area (TPSA) is 12.0 Å². The van der Waals surface area contributed by atoms with Crippen LogP contribution >= 0.6 is 0 Å². The molecule has 0 unspecified atom stereocenters. The molecule has 0 saturated heterocycles. The van der Waals surface area contributed by atoms with Crippen LogP contribution in [0.3, 0.4) is 0 Å². The summed E-state index contributed by atoms with van der Waals surface area (Å²) < 4.78 is 5.45. The first-order valence-corrected chi connectivity index (χ1v) is 10.9. The zero-order chi connectivity index (χ0) is 12.6. The van der Waals surface area contributed by atoms with E-state index in [4.69, 9.17) is 0 Å². The summed E-state index contributed by atoms with van der Waals surface area (Å²) in [4.78, 5) is 0. The zero-order valence-electron chi connectivity index (χ0n) is 11.9. The van der Waals surface area contributed by atoms with Gasteiger partial charge in [-0.2, -0.15) is 0 Å². The average Bonchev–Trinajstić information content (AvgIpc) is 1.98. The van der Waals surface area contributed by atoms with Gasteiger partial charge in [-0.15, -0.1) is 0 Å². The van der Waals surface area contributed by atoms with Crippen LogP contribution in [0.2, 0.25) is 10.5 Å². The fourth-order valence-electron chi connectivity index (χ4n) is 2.30. The molecule has 0 aromatic rings. The van der Waals surface area contributed by atoms with Gasteiger partial charge in [0.1, 0.15) is 0 Å². The Kier molecular flexibility index (Phi) is 5.68. The molecule has 0 heterocycles. The molecule has 0 atom stereocenters. The molecular formula is C14H31NSiTi. The van der Waals surface area contributed by atoms with Gasteiger partial charge in [-0.3, -0.25) is 0 Å². The minimum atomic E-state index is -2.01. The van der Waals surface area contributed by atoms with Gasteiger partial charge in [0.05, 0.1) is 0 Å². The van der Waals surface area contributed by atoms with Crippen LogP contribution in [0.15, 0.2) is 22.1 Å². The van der Waals surface area contributed by atoms with E-state index in [0.717, 1.165) is 0 Å². The maximum atomic E-state index is 3.86. The molecule has 1 aliphatic carbocycles. The molecule has 1 aliphatic rings. The first-order valence-electron chi connectivity index (χ1n) is 6.21. The quantitative estimate of drug-likeness (QED) is 0.771. The van der Waals surface area contributed by atoms with Gasteiger partial charge in [0.25, 0.3) is 0 Å². The molecule has 0 bridgehead atoms. The van der Waals surface area contributed by atoms with Crippen molar-refractivity contribution in [3.63, 3.8) is 0 Å². The molecule has 1 rings (SSSR count).